The second-order valence-corrected chi connectivity index (χ2v) is 10.7. The summed E-state index contributed by atoms with van der Waals surface area (Å²) in [4.78, 5) is 22.4. The molecule has 1 N–H and O–H groups in total. The van der Waals surface area contributed by atoms with Crippen LogP contribution in [0.15, 0.2) is 60.8 Å². The van der Waals surface area contributed by atoms with Crippen LogP contribution in [0.5, 0.6) is 5.75 Å². The number of nitrogens with one attached hydrogen (secondary N) is 1. The molecule has 2 aromatic carbocycles. The van der Waals surface area contributed by atoms with E-state index in [0.29, 0.717) is 13.2 Å². The van der Waals surface area contributed by atoms with Crippen LogP contribution >= 0.6 is 0 Å². The zero-order valence-electron chi connectivity index (χ0n) is 22.5. The van der Waals surface area contributed by atoms with Gasteiger partial charge in [0.1, 0.15) is 5.75 Å². The van der Waals surface area contributed by atoms with Gasteiger partial charge in [-0.25, -0.2) is 0 Å². The Kier molecular flexibility index (Phi) is 9.23. The van der Waals surface area contributed by atoms with E-state index >= 15 is 0 Å². The third-order valence-electron chi connectivity index (χ3n) is 7.63. The first kappa shape index (κ1) is 26.6. The number of benzene rings is 2. The van der Waals surface area contributed by atoms with Crippen LogP contribution in [0.3, 0.4) is 0 Å². The lowest BCUT2D eigenvalue weighted by molar-refractivity contribution is -0.127. The third-order valence-corrected chi connectivity index (χ3v) is 7.63. The second-order valence-electron chi connectivity index (χ2n) is 10.7. The molecule has 3 heterocycles. The van der Waals surface area contributed by atoms with E-state index in [4.69, 9.17) is 9.47 Å². The number of carbonyl (C=O) groups excluding carboxylic acids is 1. The number of piperidine rings is 1. The molecule has 2 aliphatic rings. The van der Waals surface area contributed by atoms with Crippen molar-refractivity contribution in [1.82, 2.24) is 20.1 Å². The van der Waals surface area contributed by atoms with Crippen LogP contribution in [-0.4, -0.2) is 79.8 Å². The van der Waals surface area contributed by atoms with Crippen molar-refractivity contribution in [3.05, 3.63) is 72.1 Å². The van der Waals surface area contributed by atoms with Crippen LogP contribution < -0.4 is 10.1 Å². The number of hydrogen-bond acceptors (Lipinski definition) is 6. The number of rotatable bonds is 10. The Bertz CT molecular complexity index is 1180. The van der Waals surface area contributed by atoms with Gasteiger partial charge in [-0.15, -0.1) is 0 Å². The van der Waals surface area contributed by atoms with E-state index in [-0.39, 0.29) is 17.7 Å². The number of ether oxygens (including phenoxy) is 2. The van der Waals surface area contributed by atoms with Gasteiger partial charge in [0.05, 0.1) is 31.9 Å². The van der Waals surface area contributed by atoms with Crippen molar-refractivity contribution in [2.45, 2.75) is 26.3 Å². The highest BCUT2D eigenvalue weighted by Crippen LogP contribution is 2.26. The summed E-state index contributed by atoms with van der Waals surface area (Å²) >= 11 is 0. The molecule has 3 aromatic rings. The molecule has 202 valence electrons. The maximum Gasteiger partial charge on any atom is 0.224 e. The molecule has 2 atom stereocenters. The highest BCUT2D eigenvalue weighted by atomic mass is 16.5. The van der Waals surface area contributed by atoms with E-state index < -0.39 is 0 Å². The van der Waals surface area contributed by atoms with E-state index in [0.717, 1.165) is 76.8 Å². The summed E-state index contributed by atoms with van der Waals surface area (Å²) in [5, 5.41) is 5.73. The molecule has 0 bridgehead atoms. The van der Waals surface area contributed by atoms with Crippen LogP contribution in [0.4, 0.5) is 0 Å². The molecular formula is C31H40N4O3. The number of hydrogen-bond donors (Lipinski definition) is 1. The molecule has 0 aliphatic carbocycles. The molecule has 2 fully saturated rings. The number of amides is 1. The van der Waals surface area contributed by atoms with Crippen molar-refractivity contribution in [3.63, 3.8) is 0 Å². The molecule has 0 spiro atoms. The normalized spacial score (nSPS) is 20.9. The molecule has 0 unspecified atom stereocenters. The van der Waals surface area contributed by atoms with Crippen molar-refractivity contribution in [3.8, 4) is 5.75 Å². The van der Waals surface area contributed by atoms with Crippen molar-refractivity contribution < 1.29 is 14.3 Å². The summed E-state index contributed by atoms with van der Waals surface area (Å²) in [5.74, 6) is 1.18. The maximum atomic E-state index is 13.3. The zero-order chi connectivity index (χ0) is 26.2. The number of likely N-dealkylation sites (tertiary alicyclic amines) is 1. The molecule has 2 aliphatic heterocycles. The minimum absolute atomic E-state index is 0.0441. The zero-order valence-corrected chi connectivity index (χ0v) is 22.5. The van der Waals surface area contributed by atoms with Gasteiger partial charge in [-0.3, -0.25) is 19.6 Å². The summed E-state index contributed by atoms with van der Waals surface area (Å²) in [6.07, 6.45) is 3.58. The molecule has 1 amide bonds. The molecule has 1 aromatic heterocycles. The highest BCUT2D eigenvalue weighted by Gasteiger charge is 2.32. The van der Waals surface area contributed by atoms with Crippen molar-refractivity contribution in [2.24, 2.45) is 11.8 Å². The highest BCUT2D eigenvalue weighted by molar-refractivity contribution is 5.83. The first-order valence-corrected chi connectivity index (χ1v) is 14.0. The monoisotopic (exact) mass is 516 g/mol. The van der Waals surface area contributed by atoms with Gasteiger partial charge >= 0.3 is 0 Å². The fraction of sp³-hybridized carbons (Fsp3) is 0.484. The Morgan fingerprint density at radius 2 is 1.89 bits per heavy atom. The lowest BCUT2D eigenvalue weighted by Crippen LogP contribution is -2.47. The average molecular weight is 517 g/mol. The molecule has 2 saturated heterocycles. The second kappa shape index (κ2) is 13.2. The van der Waals surface area contributed by atoms with Gasteiger partial charge in [-0.05, 0) is 60.8 Å². The summed E-state index contributed by atoms with van der Waals surface area (Å²) in [7, 11) is 0. The van der Waals surface area contributed by atoms with Gasteiger partial charge in [0.15, 0.2) is 0 Å². The van der Waals surface area contributed by atoms with Crippen molar-refractivity contribution >= 4 is 16.7 Å². The number of aromatic nitrogens is 1. The predicted molar refractivity (Wildman–Crippen MR) is 150 cm³/mol. The Morgan fingerprint density at radius 1 is 1.05 bits per heavy atom. The number of morpholine rings is 1. The predicted octanol–water partition coefficient (Wildman–Crippen LogP) is 3.90. The third kappa shape index (κ3) is 7.53. The minimum Gasteiger partial charge on any atom is -0.492 e. The topological polar surface area (TPSA) is 66.9 Å². The van der Waals surface area contributed by atoms with Crippen LogP contribution in [-0.2, 0) is 16.1 Å². The van der Waals surface area contributed by atoms with Crippen LogP contribution in [0.2, 0.25) is 0 Å². The summed E-state index contributed by atoms with van der Waals surface area (Å²) in [5.41, 5.74) is 2.25. The van der Waals surface area contributed by atoms with E-state index in [1.807, 2.05) is 19.1 Å². The van der Waals surface area contributed by atoms with E-state index in [1.165, 1.54) is 16.3 Å². The van der Waals surface area contributed by atoms with E-state index in [1.54, 1.807) is 6.20 Å². The number of pyridine rings is 1. The lowest BCUT2D eigenvalue weighted by Gasteiger charge is -2.37. The maximum absolute atomic E-state index is 13.3. The number of fused-ring (bicyclic) bond motifs is 1. The Labute approximate surface area is 226 Å². The molecule has 0 radical (unpaired) electrons. The van der Waals surface area contributed by atoms with Crippen molar-refractivity contribution in [2.75, 3.05) is 59.1 Å². The number of aryl methyl sites for hydroxylation is 1. The number of nitrogens with zero attached hydrogens (tertiary/aromatic N) is 3. The fourth-order valence-electron chi connectivity index (χ4n) is 5.57. The lowest BCUT2D eigenvalue weighted by atomic mass is 9.88. The van der Waals surface area contributed by atoms with E-state index in [2.05, 4.69) is 62.6 Å². The van der Waals surface area contributed by atoms with Gasteiger partial charge in [0, 0.05) is 50.9 Å². The Morgan fingerprint density at radius 3 is 2.71 bits per heavy atom. The van der Waals surface area contributed by atoms with Crippen LogP contribution in [0, 0.1) is 18.8 Å². The van der Waals surface area contributed by atoms with Gasteiger partial charge in [0.2, 0.25) is 5.91 Å². The average Bonchev–Trinajstić information content (AvgIpc) is 2.95. The Hall–Kier alpha value is -3.00. The summed E-state index contributed by atoms with van der Waals surface area (Å²) in [6, 6.07) is 19.1. The quantitative estimate of drug-likeness (QED) is 0.413. The molecule has 5 rings (SSSR count). The molecule has 0 saturated carbocycles. The van der Waals surface area contributed by atoms with Gasteiger partial charge in [0.25, 0.3) is 0 Å². The van der Waals surface area contributed by atoms with E-state index in [9.17, 15) is 4.79 Å². The standard InChI is InChI=1S/C31H40N4O3/c1-24-7-10-30(19-33-24)38-23-26-18-29(31(36)32-11-4-12-34-13-15-37-16-14-34)22-35(21-26)20-25-8-9-27-5-2-3-6-28(27)17-25/h2-3,5-10,17,19,26,29H,4,11-16,18,20-23H2,1H3,(H,32,36)/t26-,29+/m0/s1. The molecule has 7 nitrogen and oxygen atoms in total. The smallest absolute Gasteiger partial charge is 0.224 e. The first-order chi connectivity index (χ1) is 18.6. The summed E-state index contributed by atoms with van der Waals surface area (Å²) in [6.45, 7) is 10.4. The SMILES string of the molecule is Cc1ccc(OC[C@H]2C[C@@H](C(=O)NCCCN3CCOCC3)CN(Cc3ccc4ccccc4c3)C2)cn1. The minimum atomic E-state index is -0.0441. The number of carbonyl (C=O) groups is 1. The van der Waals surface area contributed by atoms with Crippen molar-refractivity contribution in [1.29, 1.82) is 0 Å². The molecule has 38 heavy (non-hydrogen) atoms. The fourth-order valence-corrected chi connectivity index (χ4v) is 5.57. The van der Waals surface area contributed by atoms with Gasteiger partial charge < -0.3 is 14.8 Å². The summed E-state index contributed by atoms with van der Waals surface area (Å²) < 4.78 is 11.5. The van der Waals surface area contributed by atoms with Gasteiger partial charge in [-0.2, -0.15) is 0 Å². The molecule has 7 heteroatoms. The van der Waals surface area contributed by atoms with Crippen LogP contribution in [0.25, 0.3) is 10.8 Å². The van der Waals surface area contributed by atoms with Crippen LogP contribution in [0.1, 0.15) is 24.1 Å². The first-order valence-electron chi connectivity index (χ1n) is 14.0. The Balaban J connectivity index is 1.19. The largest absolute Gasteiger partial charge is 0.492 e. The van der Waals surface area contributed by atoms with Gasteiger partial charge in [-0.1, -0.05) is 36.4 Å². The molecular weight excluding hydrogens is 476 g/mol.